The average molecular weight is 349 g/mol. The second-order valence-corrected chi connectivity index (χ2v) is 7.30. The highest BCUT2D eigenvalue weighted by Gasteiger charge is 2.11. The summed E-state index contributed by atoms with van der Waals surface area (Å²) >= 11 is 9.23. The van der Waals surface area contributed by atoms with Gasteiger partial charge in [0.15, 0.2) is 5.13 Å². The minimum Gasteiger partial charge on any atom is -0.298 e. The van der Waals surface area contributed by atoms with E-state index in [0.29, 0.717) is 15.7 Å². The highest BCUT2D eigenvalue weighted by Crippen LogP contribution is 2.31. The number of benzene rings is 2. The molecule has 0 saturated heterocycles. The molecule has 0 atom stereocenters. The molecule has 0 spiro atoms. The number of aromatic nitrogens is 1. The van der Waals surface area contributed by atoms with Gasteiger partial charge in [-0.15, -0.1) is 11.8 Å². The summed E-state index contributed by atoms with van der Waals surface area (Å²) in [5.41, 5.74) is 1.35. The van der Waals surface area contributed by atoms with E-state index in [2.05, 4.69) is 17.2 Å². The molecule has 1 aromatic heterocycles. The number of para-hydroxylation sites is 1. The Morgan fingerprint density at radius 1 is 1.32 bits per heavy atom. The van der Waals surface area contributed by atoms with E-state index in [1.54, 1.807) is 23.9 Å². The Hall–Kier alpha value is -1.56. The summed E-state index contributed by atoms with van der Waals surface area (Å²) in [5.74, 6) is 0.815. The molecule has 0 aliphatic rings. The number of carbonyl (C=O) groups excluding carboxylic acids is 1. The average Bonchev–Trinajstić information content (AvgIpc) is 2.92. The summed E-state index contributed by atoms with van der Waals surface area (Å²) < 4.78 is 0.957. The summed E-state index contributed by atoms with van der Waals surface area (Å²) in [6.45, 7) is 2.09. The topological polar surface area (TPSA) is 42.0 Å². The van der Waals surface area contributed by atoms with Gasteiger partial charge >= 0.3 is 0 Å². The molecule has 3 rings (SSSR count). The summed E-state index contributed by atoms with van der Waals surface area (Å²) in [6.07, 6.45) is 0. The van der Waals surface area contributed by atoms with Gasteiger partial charge in [0.25, 0.3) is 5.91 Å². The number of nitrogens with one attached hydrogen (secondary N) is 1. The van der Waals surface area contributed by atoms with Crippen LogP contribution in [0, 0.1) is 0 Å². The fourth-order valence-corrected chi connectivity index (χ4v) is 3.91. The van der Waals surface area contributed by atoms with Crippen molar-refractivity contribution in [1.82, 2.24) is 4.98 Å². The maximum Gasteiger partial charge on any atom is 0.257 e. The lowest BCUT2D eigenvalue weighted by Crippen LogP contribution is -2.11. The molecule has 2 aromatic carbocycles. The van der Waals surface area contributed by atoms with Gasteiger partial charge in [0, 0.05) is 10.5 Å². The monoisotopic (exact) mass is 348 g/mol. The number of hydrogen-bond acceptors (Lipinski definition) is 4. The molecule has 0 aliphatic heterocycles. The molecule has 1 amide bonds. The molecular weight excluding hydrogens is 336 g/mol. The van der Waals surface area contributed by atoms with Crippen LogP contribution < -0.4 is 5.32 Å². The molecule has 0 saturated carbocycles. The van der Waals surface area contributed by atoms with Gasteiger partial charge in [-0.3, -0.25) is 10.1 Å². The summed E-state index contributed by atoms with van der Waals surface area (Å²) in [7, 11) is 0. The molecule has 0 unspecified atom stereocenters. The Kier molecular flexibility index (Phi) is 4.66. The van der Waals surface area contributed by atoms with Crippen LogP contribution >= 0.6 is 34.7 Å². The first kappa shape index (κ1) is 15.3. The third-order valence-electron chi connectivity index (χ3n) is 3.00. The lowest BCUT2D eigenvalue weighted by molar-refractivity contribution is 0.102. The third kappa shape index (κ3) is 3.27. The van der Waals surface area contributed by atoms with Crippen LogP contribution in [0.5, 0.6) is 0 Å². The van der Waals surface area contributed by atoms with Gasteiger partial charge in [0.05, 0.1) is 9.72 Å². The number of rotatable bonds is 4. The maximum atomic E-state index is 12.3. The molecule has 22 heavy (non-hydrogen) atoms. The molecule has 0 fully saturated rings. The van der Waals surface area contributed by atoms with E-state index in [0.717, 1.165) is 20.9 Å². The Balaban J connectivity index is 1.83. The van der Waals surface area contributed by atoms with Crippen LogP contribution in [-0.4, -0.2) is 16.6 Å². The van der Waals surface area contributed by atoms with Gasteiger partial charge in [-0.25, -0.2) is 4.98 Å². The number of halogens is 1. The number of nitrogens with zero attached hydrogens (tertiary/aromatic N) is 1. The van der Waals surface area contributed by atoms with Crippen molar-refractivity contribution in [3.8, 4) is 0 Å². The first-order valence-corrected chi connectivity index (χ1v) is 8.94. The zero-order chi connectivity index (χ0) is 15.5. The van der Waals surface area contributed by atoms with E-state index in [-0.39, 0.29) is 5.91 Å². The molecule has 3 aromatic rings. The van der Waals surface area contributed by atoms with Gasteiger partial charge in [-0.1, -0.05) is 42.0 Å². The van der Waals surface area contributed by atoms with Gasteiger partial charge in [0.1, 0.15) is 5.52 Å². The summed E-state index contributed by atoms with van der Waals surface area (Å²) in [5, 5.41) is 3.99. The minimum atomic E-state index is -0.159. The van der Waals surface area contributed by atoms with Crippen LogP contribution in [0.1, 0.15) is 17.3 Å². The van der Waals surface area contributed by atoms with E-state index in [4.69, 9.17) is 11.6 Å². The Bertz CT molecular complexity index is 832. The molecule has 3 nitrogen and oxygen atoms in total. The van der Waals surface area contributed by atoms with Gasteiger partial charge in [0.2, 0.25) is 0 Å². The van der Waals surface area contributed by atoms with Gasteiger partial charge in [-0.05, 0) is 36.1 Å². The van der Waals surface area contributed by atoms with Crippen molar-refractivity contribution in [1.29, 1.82) is 0 Å². The number of hydrogen-bond donors (Lipinski definition) is 1. The number of carbonyl (C=O) groups is 1. The van der Waals surface area contributed by atoms with Crippen LogP contribution in [0.2, 0.25) is 5.02 Å². The first-order chi connectivity index (χ1) is 10.7. The van der Waals surface area contributed by atoms with E-state index < -0.39 is 0 Å². The smallest absolute Gasteiger partial charge is 0.257 e. The van der Waals surface area contributed by atoms with Crippen molar-refractivity contribution in [2.75, 3.05) is 11.1 Å². The standard InChI is InChI=1S/C16H13ClN2OS2/c1-2-21-11-6-3-5-10(9-11)15(20)19-16-18-14-12(17)7-4-8-13(14)22-16/h3-9H,2H2,1H3,(H,18,19,20). The highest BCUT2D eigenvalue weighted by molar-refractivity contribution is 7.99. The molecule has 0 aliphatic carbocycles. The number of fused-ring (bicyclic) bond motifs is 1. The SMILES string of the molecule is CCSc1cccc(C(=O)Nc2nc3c(Cl)cccc3s2)c1. The van der Waals surface area contributed by atoms with Crippen molar-refractivity contribution in [3.05, 3.63) is 53.1 Å². The number of thiazole rings is 1. The Labute approximate surface area is 141 Å². The molecule has 1 heterocycles. The fraction of sp³-hybridized carbons (Fsp3) is 0.125. The highest BCUT2D eigenvalue weighted by atomic mass is 35.5. The van der Waals surface area contributed by atoms with E-state index in [1.165, 1.54) is 11.3 Å². The van der Waals surface area contributed by atoms with Crippen molar-refractivity contribution < 1.29 is 4.79 Å². The van der Waals surface area contributed by atoms with Crippen molar-refractivity contribution in [3.63, 3.8) is 0 Å². The predicted molar refractivity (Wildman–Crippen MR) is 95.4 cm³/mol. The van der Waals surface area contributed by atoms with Crippen LogP contribution in [0.4, 0.5) is 5.13 Å². The lowest BCUT2D eigenvalue weighted by atomic mass is 10.2. The molecule has 6 heteroatoms. The zero-order valence-corrected chi connectivity index (χ0v) is 14.2. The van der Waals surface area contributed by atoms with Gasteiger partial charge < -0.3 is 0 Å². The first-order valence-electron chi connectivity index (χ1n) is 6.76. The van der Waals surface area contributed by atoms with E-state index in [1.807, 2.05) is 30.3 Å². The van der Waals surface area contributed by atoms with Crippen molar-refractivity contribution >= 4 is 56.0 Å². The summed E-state index contributed by atoms with van der Waals surface area (Å²) in [6, 6.07) is 13.2. The molecule has 112 valence electrons. The largest absolute Gasteiger partial charge is 0.298 e. The van der Waals surface area contributed by atoms with E-state index >= 15 is 0 Å². The lowest BCUT2D eigenvalue weighted by Gasteiger charge is -2.04. The minimum absolute atomic E-state index is 0.159. The van der Waals surface area contributed by atoms with Crippen LogP contribution in [0.15, 0.2) is 47.4 Å². The fourth-order valence-electron chi connectivity index (χ4n) is 2.03. The Morgan fingerprint density at radius 2 is 2.14 bits per heavy atom. The maximum absolute atomic E-state index is 12.3. The molecule has 0 radical (unpaired) electrons. The zero-order valence-electron chi connectivity index (χ0n) is 11.8. The second kappa shape index (κ2) is 6.69. The molecule has 0 bridgehead atoms. The normalized spacial score (nSPS) is 10.8. The van der Waals surface area contributed by atoms with Crippen molar-refractivity contribution in [2.45, 2.75) is 11.8 Å². The predicted octanol–water partition coefficient (Wildman–Crippen LogP) is 5.31. The summed E-state index contributed by atoms with van der Waals surface area (Å²) in [4.78, 5) is 17.8. The second-order valence-electron chi connectivity index (χ2n) is 4.52. The number of amides is 1. The van der Waals surface area contributed by atoms with E-state index in [9.17, 15) is 4.79 Å². The number of anilines is 1. The molecular formula is C16H13ClN2OS2. The van der Waals surface area contributed by atoms with Crippen LogP contribution in [-0.2, 0) is 0 Å². The van der Waals surface area contributed by atoms with Crippen molar-refractivity contribution in [2.24, 2.45) is 0 Å². The Morgan fingerprint density at radius 3 is 2.91 bits per heavy atom. The molecule has 1 N–H and O–H groups in total. The quantitative estimate of drug-likeness (QED) is 0.649. The van der Waals surface area contributed by atoms with Crippen LogP contribution in [0.25, 0.3) is 10.2 Å². The van der Waals surface area contributed by atoms with Crippen LogP contribution in [0.3, 0.4) is 0 Å². The number of thioether (sulfide) groups is 1. The van der Waals surface area contributed by atoms with Gasteiger partial charge in [-0.2, -0.15) is 0 Å². The third-order valence-corrected chi connectivity index (χ3v) is 5.11.